The zero-order valence-corrected chi connectivity index (χ0v) is 17.2. The summed E-state index contributed by atoms with van der Waals surface area (Å²) in [6, 6.07) is 18.2. The van der Waals surface area contributed by atoms with E-state index in [0.717, 1.165) is 10.8 Å². The molecule has 0 aromatic heterocycles. The van der Waals surface area contributed by atoms with Crippen LogP contribution >= 0.6 is 11.6 Å². The number of fused-ring (bicyclic) bond motifs is 3. The van der Waals surface area contributed by atoms with Gasteiger partial charge in [0, 0.05) is 17.0 Å². The summed E-state index contributed by atoms with van der Waals surface area (Å²) < 4.78 is 11.3. The summed E-state index contributed by atoms with van der Waals surface area (Å²) in [4.78, 5) is 15.1. The first-order valence-corrected chi connectivity index (χ1v) is 9.84. The van der Waals surface area contributed by atoms with Crippen LogP contribution in [-0.2, 0) is 4.74 Å². The molecule has 1 atom stereocenters. The monoisotopic (exact) mass is 433 g/mol. The predicted molar refractivity (Wildman–Crippen MR) is 117 cm³/mol. The van der Waals surface area contributed by atoms with Gasteiger partial charge in [-0.1, -0.05) is 54.1 Å². The number of allylic oxidation sites excluding steroid dienone is 1. The SMILES string of the molecule is CCOC=NC1=C(C#N)C(c2ccc(Cl)c([N+](=O)[O-])c2)c2ccc3ccccc3c2O1. The zero-order chi connectivity index (χ0) is 22.0. The Kier molecular flexibility index (Phi) is 5.56. The molecule has 1 heterocycles. The van der Waals surface area contributed by atoms with E-state index in [-0.39, 0.29) is 22.2 Å². The van der Waals surface area contributed by atoms with Gasteiger partial charge in [0.2, 0.25) is 5.88 Å². The first-order valence-electron chi connectivity index (χ1n) is 9.46. The highest BCUT2D eigenvalue weighted by Gasteiger charge is 2.33. The Morgan fingerprint density at radius 2 is 2.10 bits per heavy atom. The Labute approximate surface area is 183 Å². The van der Waals surface area contributed by atoms with Gasteiger partial charge in [0.05, 0.1) is 17.4 Å². The minimum Gasteiger partial charge on any atom is -0.483 e. The fourth-order valence-corrected chi connectivity index (χ4v) is 3.78. The fourth-order valence-electron chi connectivity index (χ4n) is 3.60. The number of ether oxygens (including phenoxy) is 2. The van der Waals surface area contributed by atoms with Crippen LogP contribution in [0.4, 0.5) is 5.69 Å². The molecule has 3 aromatic rings. The number of hydrogen-bond acceptors (Lipinski definition) is 6. The van der Waals surface area contributed by atoms with Gasteiger partial charge in [-0.3, -0.25) is 10.1 Å². The maximum Gasteiger partial charge on any atom is 0.288 e. The normalized spacial score (nSPS) is 15.5. The van der Waals surface area contributed by atoms with E-state index in [1.54, 1.807) is 6.07 Å². The van der Waals surface area contributed by atoms with Crippen LogP contribution < -0.4 is 4.74 Å². The van der Waals surface area contributed by atoms with Gasteiger partial charge < -0.3 is 9.47 Å². The van der Waals surface area contributed by atoms with Crippen molar-refractivity contribution in [3.8, 4) is 11.8 Å². The van der Waals surface area contributed by atoms with Crippen molar-refractivity contribution in [2.75, 3.05) is 6.61 Å². The lowest BCUT2D eigenvalue weighted by Gasteiger charge is -2.27. The van der Waals surface area contributed by atoms with Crippen LogP contribution in [0.25, 0.3) is 10.8 Å². The Balaban J connectivity index is 1.99. The van der Waals surface area contributed by atoms with Crippen molar-refractivity contribution in [2.45, 2.75) is 12.8 Å². The van der Waals surface area contributed by atoms with Gasteiger partial charge in [-0.25, -0.2) is 0 Å². The van der Waals surface area contributed by atoms with Gasteiger partial charge in [0.1, 0.15) is 22.4 Å². The minimum absolute atomic E-state index is 0.0246. The van der Waals surface area contributed by atoms with Crippen molar-refractivity contribution >= 4 is 34.5 Å². The number of nitrogens with zero attached hydrogens (tertiary/aromatic N) is 3. The molecule has 31 heavy (non-hydrogen) atoms. The molecule has 0 N–H and O–H groups in total. The zero-order valence-electron chi connectivity index (χ0n) is 16.4. The van der Waals surface area contributed by atoms with Crippen LogP contribution in [0, 0.1) is 21.4 Å². The van der Waals surface area contributed by atoms with Crippen LogP contribution in [0.1, 0.15) is 24.0 Å². The number of hydrogen-bond donors (Lipinski definition) is 0. The molecule has 8 heteroatoms. The number of nitriles is 1. The lowest BCUT2D eigenvalue weighted by Crippen LogP contribution is -2.16. The standard InChI is InChI=1S/C23H16ClN3O4/c1-2-30-13-26-23-18(12-25)21(15-8-10-19(24)20(11-15)27(28)29)17-9-7-14-5-3-4-6-16(14)22(17)31-23/h3-11,13,21H,2H2,1H3. The summed E-state index contributed by atoms with van der Waals surface area (Å²) in [7, 11) is 0. The van der Waals surface area contributed by atoms with Crippen molar-refractivity contribution in [3.63, 3.8) is 0 Å². The van der Waals surface area contributed by atoms with Gasteiger partial charge >= 0.3 is 0 Å². The molecule has 0 radical (unpaired) electrons. The van der Waals surface area contributed by atoms with Crippen molar-refractivity contribution in [1.82, 2.24) is 0 Å². The van der Waals surface area contributed by atoms with Crippen LogP contribution in [0.2, 0.25) is 5.02 Å². The van der Waals surface area contributed by atoms with E-state index in [2.05, 4.69) is 11.1 Å². The Hall–Kier alpha value is -3.89. The van der Waals surface area contributed by atoms with Crippen molar-refractivity contribution in [3.05, 3.63) is 92.3 Å². The second kappa shape index (κ2) is 8.46. The second-order valence-corrected chi connectivity index (χ2v) is 7.14. The van der Waals surface area contributed by atoms with E-state index in [4.69, 9.17) is 21.1 Å². The molecule has 154 valence electrons. The lowest BCUT2D eigenvalue weighted by atomic mass is 9.82. The lowest BCUT2D eigenvalue weighted by molar-refractivity contribution is -0.384. The molecule has 0 spiro atoms. The highest BCUT2D eigenvalue weighted by Crippen LogP contribution is 2.47. The molecule has 0 bridgehead atoms. The van der Waals surface area contributed by atoms with Crippen molar-refractivity contribution in [1.29, 1.82) is 5.26 Å². The van der Waals surface area contributed by atoms with E-state index in [0.29, 0.717) is 23.5 Å². The molecule has 1 unspecified atom stereocenters. The fraction of sp³-hybridized carbons (Fsp3) is 0.130. The molecule has 0 aliphatic carbocycles. The minimum atomic E-state index is -0.622. The Morgan fingerprint density at radius 1 is 1.29 bits per heavy atom. The van der Waals surface area contributed by atoms with E-state index in [1.165, 1.54) is 18.5 Å². The van der Waals surface area contributed by atoms with Crippen molar-refractivity contribution < 1.29 is 14.4 Å². The first kappa shape index (κ1) is 20.4. The quantitative estimate of drug-likeness (QED) is 0.221. The van der Waals surface area contributed by atoms with Crippen LogP contribution in [0.3, 0.4) is 0 Å². The number of halogens is 1. The maximum absolute atomic E-state index is 11.4. The summed E-state index contributed by atoms with van der Waals surface area (Å²) in [5.74, 6) is 0.00820. The van der Waals surface area contributed by atoms with Crippen LogP contribution in [0.5, 0.6) is 5.75 Å². The number of benzene rings is 3. The third kappa shape index (κ3) is 3.69. The summed E-state index contributed by atoms with van der Waals surface area (Å²) in [6.07, 6.45) is 1.23. The van der Waals surface area contributed by atoms with E-state index in [9.17, 15) is 15.4 Å². The smallest absolute Gasteiger partial charge is 0.288 e. The predicted octanol–water partition coefficient (Wildman–Crippen LogP) is 5.73. The molecule has 7 nitrogen and oxygen atoms in total. The van der Waals surface area contributed by atoms with Gasteiger partial charge in [0.25, 0.3) is 5.69 Å². The number of rotatable bonds is 5. The molecule has 0 saturated carbocycles. The van der Waals surface area contributed by atoms with Crippen LogP contribution in [0.15, 0.2) is 71.0 Å². The molecule has 0 amide bonds. The van der Waals surface area contributed by atoms with Crippen molar-refractivity contribution in [2.24, 2.45) is 4.99 Å². The van der Waals surface area contributed by atoms with Crippen LogP contribution in [-0.4, -0.2) is 17.9 Å². The molecule has 3 aromatic carbocycles. The summed E-state index contributed by atoms with van der Waals surface area (Å²) >= 11 is 6.01. The Morgan fingerprint density at radius 3 is 2.84 bits per heavy atom. The average Bonchev–Trinajstić information content (AvgIpc) is 2.78. The van der Waals surface area contributed by atoms with E-state index >= 15 is 0 Å². The number of aliphatic imine (C=N–C) groups is 1. The second-order valence-electron chi connectivity index (χ2n) is 6.73. The highest BCUT2D eigenvalue weighted by atomic mass is 35.5. The topological polar surface area (TPSA) is 97.8 Å². The molecular formula is C23H16ClN3O4. The largest absolute Gasteiger partial charge is 0.483 e. The van der Waals surface area contributed by atoms with E-state index in [1.807, 2.05) is 43.3 Å². The number of nitro benzene ring substituents is 1. The Bertz CT molecular complexity index is 1290. The molecular weight excluding hydrogens is 418 g/mol. The molecule has 0 fully saturated rings. The third-order valence-electron chi connectivity index (χ3n) is 4.97. The summed E-state index contributed by atoms with van der Waals surface area (Å²) in [5.41, 5.74) is 1.24. The van der Waals surface area contributed by atoms with Gasteiger partial charge in [-0.2, -0.15) is 10.3 Å². The summed E-state index contributed by atoms with van der Waals surface area (Å²) in [6.45, 7) is 2.22. The van der Waals surface area contributed by atoms with Gasteiger partial charge in [-0.05, 0) is 23.9 Å². The van der Waals surface area contributed by atoms with E-state index < -0.39 is 10.8 Å². The first-order chi connectivity index (χ1) is 15.0. The highest BCUT2D eigenvalue weighted by molar-refractivity contribution is 6.32. The average molecular weight is 434 g/mol. The molecule has 4 rings (SSSR count). The molecule has 1 aliphatic rings. The third-order valence-corrected chi connectivity index (χ3v) is 5.29. The van der Waals surface area contributed by atoms with Gasteiger partial charge in [0.15, 0.2) is 6.40 Å². The molecule has 0 saturated heterocycles. The maximum atomic E-state index is 11.4. The van der Waals surface area contributed by atoms with Gasteiger partial charge in [-0.15, -0.1) is 0 Å². The number of nitro groups is 1. The molecule has 1 aliphatic heterocycles. The summed E-state index contributed by atoms with van der Waals surface area (Å²) in [5, 5.41) is 23.2.